The summed E-state index contributed by atoms with van der Waals surface area (Å²) in [5.74, 6) is -0.182. The summed E-state index contributed by atoms with van der Waals surface area (Å²) in [4.78, 5) is 32.7. The predicted molar refractivity (Wildman–Crippen MR) is 125 cm³/mol. The van der Waals surface area contributed by atoms with Gasteiger partial charge in [-0.15, -0.1) is 0 Å². The van der Waals surface area contributed by atoms with Crippen molar-refractivity contribution in [3.63, 3.8) is 0 Å². The molecule has 1 aromatic carbocycles. The van der Waals surface area contributed by atoms with E-state index in [0.29, 0.717) is 16.6 Å². The molecule has 7 nitrogen and oxygen atoms in total. The number of nitrogens with zero attached hydrogens (tertiary/aromatic N) is 4. The Morgan fingerprint density at radius 3 is 2.60 bits per heavy atom. The van der Waals surface area contributed by atoms with Crippen LogP contribution in [0.4, 0.5) is 10.1 Å². The Hall–Kier alpha value is -2.62. The standard InChI is InChI=1S/C21H24N4O3S2/c1-14-6-9-17-20(15(14)2)22-21(30-17)24(13-5-12-23(3)4)18(26)10-7-16-8-11-19(29-16)25(27)28/h6-11H,5,12-13H2,1-4H3. The van der Waals surface area contributed by atoms with Gasteiger partial charge in [0.2, 0.25) is 0 Å². The Morgan fingerprint density at radius 1 is 1.17 bits per heavy atom. The Labute approximate surface area is 183 Å². The molecular weight excluding hydrogens is 420 g/mol. The lowest BCUT2D eigenvalue weighted by Crippen LogP contribution is -2.32. The van der Waals surface area contributed by atoms with E-state index >= 15 is 0 Å². The van der Waals surface area contributed by atoms with Gasteiger partial charge in [-0.2, -0.15) is 0 Å². The van der Waals surface area contributed by atoms with Crippen LogP contribution in [0.5, 0.6) is 0 Å². The first kappa shape index (κ1) is 22.1. The predicted octanol–water partition coefficient (Wildman–Crippen LogP) is 4.88. The second-order valence-electron chi connectivity index (χ2n) is 7.26. The number of amides is 1. The second kappa shape index (κ2) is 9.46. The highest BCUT2D eigenvalue weighted by molar-refractivity contribution is 7.22. The maximum Gasteiger partial charge on any atom is 0.324 e. The lowest BCUT2D eigenvalue weighted by molar-refractivity contribution is -0.380. The van der Waals surface area contributed by atoms with Gasteiger partial charge >= 0.3 is 5.00 Å². The zero-order chi connectivity index (χ0) is 21.8. The normalized spacial score (nSPS) is 11.6. The van der Waals surface area contributed by atoms with Crippen LogP contribution in [-0.4, -0.2) is 47.9 Å². The van der Waals surface area contributed by atoms with Gasteiger partial charge in [-0.05, 0) is 70.2 Å². The topological polar surface area (TPSA) is 79.6 Å². The highest BCUT2D eigenvalue weighted by atomic mass is 32.1. The lowest BCUT2D eigenvalue weighted by Gasteiger charge is -2.19. The van der Waals surface area contributed by atoms with Gasteiger partial charge in [-0.1, -0.05) is 28.7 Å². The van der Waals surface area contributed by atoms with Crippen LogP contribution in [0.3, 0.4) is 0 Å². The number of thiazole rings is 1. The summed E-state index contributed by atoms with van der Waals surface area (Å²) in [5.41, 5.74) is 3.22. The van der Waals surface area contributed by atoms with Crippen LogP contribution in [0, 0.1) is 24.0 Å². The molecule has 9 heteroatoms. The van der Waals surface area contributed by atoms with Crippen molar-refractivity contribution >= 4 is 55.0 Å². The lowest BCUT2D eigenvalue weighted by atomic mass is 10.1. The number of hydrogen-bond acceptors (Lipinski definition) is 7. The summed E-state index contributed by atoms with van der Waals surface area (Å²) in [6.45, 7) is 5.50. The van der Waals surface area contributed by atoms with Crippen LogP contribution in [0.25, 0.3) is 16.3 Å². The highest BCUT2D eigenvalue weighted by Gasteiger charge is 2.19. The molecule has 0 spiro atoms. The minimum Gasteiger partial charge on any atom is -0.309 e. The first-order valence-electron chi connectivity index (χ1n) is 9.51. The number of benzene rings is 1. The van der Waals surface area contributed by atoms with E-state index in [4.69, 9.17) is 4.98 Å². The molecule has 30 heavy (non-hydrogen) atoms. The monoisotopic (exact) mass is 444 g/mol. The van der Waals surface area contributed by atoms with Crippen LogP contribution < -0.4 is 4.90 Å². The molecule has 0 bridgehead atoms. The van der Waals surface area contributed by atoms with Crippen LogP contribution in [0.2, 0.25) is 0 Å². The van der Waals surface area contributed by atoms with Gasteiger partial charge in [0.15, 0.2) is 5.13 Å². The van der Waals surface area contributed by atoms with Gasteiger partial charge in [0.05, 0.1) is 15.1 Å². The molecule has 158 valence electrons. The average Bonchev–Trinajstić information content (AvgIpc) is 3.33. The molecule has 3 rings (SSSR count). The van der Waals surface area contributed by atoms with Crippen molar-refractivity contribution in [3.05, 3.63) is 56.5 Å². The van der Waals surface area contributed by atoms with Gasteiger partial charge in [0.1, 0.15) is 0 Å². The molecule has 0 radical (unpaired) electrons. The van der Waals surface area contributed by atoms with Crippen molar-refractivity contribution in [2.45, 2.75) is 20.3 Å². The van der Waals surface area contributed by atoms with Gasteiger partial charge in [-0.3, -0.25) is 19.8 Å². The molecule has 0 saturated heterocycles. The Bertz CT molecular complexity index is 1100. The van der Waals surface area contributed by atoms with E-state index in [1.54, 1.807) is 17.0 Å². The number of carbonyl (C=O) groups is 1. The Morgan fingerprint density at radius 2 is 1.93 bits per heavy atom. The fraction of sp³-hybridized carbons (Fsp3) is 0.333. The fourth-order valence-corrected chi connectivity index (χ4v) is 4.73. The van der Waals surface area contributed by atoms with E-state index in [-0.39, 0.29) is 10.9 Å². The van der Waals surface area contributed by atoms with E-state index in [1.165, 1.54) is 29.0 Å². The third kappa shape index (κ3) is 5.10. The Kier molecular flexibility index (Phi) is 6.96. The number of fused-ring (bicyclic) bond motifs is 1. The third-order valence-electron chi connectivity index (χ3n) is 4.74. The minimum atomic E-state index is -0.428. The molecule has 0 N–H and O–H groups in total. The SMILES string of the molecule is Cc1ccc2sc(N(CCCN(C)C)C(=O)C=Cc3ccc([N+](=O)[O-])s3)nc2c1C. The van der Waals surface area contributed by atoms with Crippen molar-refractivity contribution in [1.82, 2.24) is 9.88 Å². The maximum absolute atomic E-state index is 13.0. The van der Waals surface area contributed by atoms with Gasteiger partial charge in [0, 0.05) is 23.6 Å². The number of rotatable bonds is 8. The first-order chi connectivity index (χ1) is 14.3. The number of nitro groups is 1. The molecule has 0 saturated carbocycles. The minimum absolute atomic E-state index is 0.0574. The zero-order valence-corrected chi connectivity index (χ0v) is 19.0. The van der Waals surface area contributed by atoms with E-state index in [0.717, 1.165) is 40.1 Å². The van der Waals surface area contributed by atoms with Gasteiger partial charge in [-0.25, -0.2) is 4.98 Å². The molecule has 0 aliphatic heterocycles. The van der Waals surface area contributed by atoms with Crippen molar-refractivity contribution in [1.29, 1.82) is 0 Å². The van der Waals surface area contributed by atoms with E-state index in [9.17, 15) is 14.9 Å². The van der Waals surface area contributed by atoms with Crippen LogP contribution >= 0.6 is 22.7 Å². The molecule has 0 aliphatic rings. The molecule has 3 aromatic rings. The van der Waals surface area contributed by atoms with E-state index < -0.39 is 4.92 Å². The molecule has 0 unspecified atom stereocenters. The molecule has 2 heterocycles. The maximum atomic E-state index is 13.0. The van der Waals surface area contributed by atoms with Crippen molar-refractivity contribution in [2.75, 3.05) is 32.1 Å². The number of anilines is 1. The largest absolute Gasteiger partial charge is 0.324 e. The van der Waals surface area contributed by atoms with Gasteiger partial charge < -0.3 is 4.90 Å². The summed E-state index contributed by atoms with van der Waals surface area (Å²) < 4.78 is 1.05. The first-order valence-corrected chi connectivity index (χ1v) is 11.1. The molecule has 2 aromatic heterocycles. The number of aryl methyl sites for hydroxylation is 2. The van der Waals surface area contributed by atoms with Crippen molar-refractivity contribution in [3.8, 4) is 0 Å². The number of carbonyl (C=O) groups excluding carboxylic acids is 1. The van der Waals surface area contributed by atoms with Crippen LogP contribution in [-0.2, 0) is 4.79 Å². The van der Waals surface area contributed by atoms with Crippen LogP contribution in [0.15, 0.2) is 30.3 Å². The molecule has 0 fully saturated rings. The highest BCUT2D eigenvalue weighted by Crippen LogP contribution is 2.32. The summed E-state index contributed by atoms with van der Waals surface area (Å²) in [7, 11) is 4.00. The zero-order valence-electron chi connectivity index (χ0n) is 17.4. The fourth-order valence-electron chi connectivity index (χ4n) is 2.95. The second-order valence-corrected chi connectivity index (χ2v) is 9.37. The average molecular weight is 445 g/mol. The quantitative estimate of drug-likeness (QED) is 0.281. The summed E-state index contributed by atoms with van der Waals surface area (Å²) >= 11 is 2.55. The third-order valence-corrected chi connectivity index (χ3v) is 6.79. The summed E-state index contributed by atoms with van der Waals surface area (Å²) in [6.07, 6.45) is 3.90. The number of aromatic nitrogens is 1. The summed E-state index contributed by atoms with van der Waals surface area (Å²) in [5, 5.41) is 11.6. The smallest absolute Gasteiger partial charge is 0.309 e. The Balaban J connectivity index is 1.87. The van der Waals surface area contributed by atoms with E-state index in [1.807, 2.05) is 27.1 Å². The molecule has 1 amide bonds. The molecule has 0 atom stereocenters. The number of hydrogen-bond donors (Lipinski definition) is 0. The van der Waals surface area contributed by atoms with Gasteiger partial charge in [0.25, 0.3) is 5.91 Å². The van der Waals surface area contributed by atoms with Crippen molar-refractivity contribution < 1.29 is 9.72 Å². The molecular formula is C21H24N4O3S2. The number of thiophene rings is 1. The van der Waals surface area contributed by atoms with Crippen LogP contribution in [0.1, 0.15) is 22.4 Å². The van der Waals surface area contributed by atoms with Crippen molar-refractivity contribution in [2.24, 2.45) is 0 Å². The molecule has 0 aliphatic carbocycles. The van der Waals surface area contributed by atoms with E-state index in [2.05, 4.69) is 17.9 Å². The summed E-state index contributed by atoms with van der Waals surface area (Å²) in [6, 6.07) is 7.21.